The minimum atomic E-state index is 0.727. The maximum Gasteiger partial charge on any atom is 0.177 e. The lowest BCUT2D eigenvalue weighted by atomic mass is 10.1. The molecule has 3 rings (SSSR count). The molecule has 1 N–H and O–H groups in total. The SMILES string of the molecule is COc1cccc(Cc2nc3ncc(Br)cc3[nH]2)c1. The van der Waals surface area contributed by atoms with Gasteiger partial charge >= 0.3 is 0 Å². The first-order valence-electron chi connectivity index (χ1n) is 5.87. The van der Waals surface area contributed by atoms with E-state index < -0.39 is 0 Å². The molecule has 5 heteroatoms. The van der Waals surface area contributed by atoms with E-state index in [0.717, 1.165) is 39.2 Å². The van der Waals surface area contributed by atoms with Crippen molar-refractivity contribution in [2.24, 2.45) is 0 Å². The van der Waals surface area contributed by atoms with Crippen LogP contribution in [-0.4, -0.2) is 22.1 Å². The standard InChI is InChI=1S/C14H12BrN3O/c1-19-11-4-2-3-9(5-11)6-13-17-12-7-10(15)8-16-14(12)18-13/h2-5,7-8H,6H2,1H3,(H,16,17,18). The normalized spacial score (nSPS) is 10.8. The molecule has 0 aliphatic heterocycles. The number of aromatic nitrogens is 3. The molecule has 0 atom stereocenters. The molecule has 2 aromatic heterocycles. The van der Waals surface area contributed by atoms with Crippen molar-refractivity contribution in [2.45, 2.75) is 6.42 Å². The maximum atomic E-state index is 5.22. The van der Waals surface area contributed by atoms with E-state index in [1.165, 1.54) is 0 Å². The molecule has 0 amide bonds. The Hall–Kier alpha value is -1.88. The number of nitrogens with zero attached hydrogens (tertiary/aromatic N) is 2. The average Bonchev–Trinajstić information content (AvgIpc) is 2.80. The third kappa shape index (κ3) is 2.61. The molecule has 0 aliphatic carbocycles. The number of nitrogens with one attached hydrogen (secondary N) is 1. The van der Waals surface area contributed by atoms with Crippen molar-refractivity contribution >= 4 is 27.1 Å². The summed E-state index contributed by atoms with van der Waals surface area (Å²) >= 11 is 3.40. The first-order valence-corrected chi connectivity index (χ1v) is 6.67. The van der Waals surface area contributed by atoms with Gasteiger partial charge in [0.05, 0.1) is 12.6 Å². The fourth-order valence-corrected chi connectivity index (χ4v) is 2.32. The zero-order valence-electron chi connectivity index (χ0n) is 10.4. The Morgan fingerprint density at radius 2 is 2.21 bits per heavy atom. The molecular formula is C14H12BrN3O. The molecule has 0 bridgehead atoms. The quantitative estimate of drug-likeness (QED) is 0.806. The van der Waals surface area contributed by atoms with Gasteiger partial charge in [-0.25, -0.2) is 9.97 Å². The Balaban J connectivity index is 1.92. The number of benzene rings is 1. The van der Waals surface area contributed by atoms with Gasteiger partial charge in [-0.15, -0.1) is 0 Å². The van der Waals surface area contributed by atoms with Gasteiger partial charge in [0.25, 0.3) is 0 Å². The predicted octanol–water partition coefficient (Wildman–Crippen LogP) is 3.32. The monoisotopic (exact) mass is 317 g/mol. The molecule has 2 heterocycles. The number of hydrogen-bond donors (Lipinski definition) is 1. The molecule has 1 aromatic carbocycles. The Bertz CT molecular complexity index is 724. The summed E-state index contributed by atoms with van der Waals surface area (Å²) in [5.74, 6) is 1.75. The van der Waals surface area contributed by atoms with E-state index in [1.807, 2.05) is 24.3 Å². The van der Waals surface area contributed by atoms with Crippen LogP contribution in [0.5, 0.6) is 5.75 Å². The van der Waals surface area contributed by atoms with Gasteiger partial charge in [0.2, 0.25) is 0 Å². The van der Waals surface area contributed by atoms with Crippen LogP contribution in [0.25, 0.3) is 11.2 Å². The van der Waals surface area contributed by atoms with Crippen molar-refractivity contribution in [3.8, 4) is 5.75 Å². The smallest absolute Gasteiger partial charge is 0.177 e. The largest absolute Gasteiger partial charge is 0.497 e. The molecule has 3 aromatic rings. The van der Waals surface area contributed by atoms with Crippen LogP contribution >= 0.6 is 15.9 Å². The Morgan fingerprint density at radius 3 is 3.05 bits per heavy atom. The molecule has 0 saturated carbocycles. The molecule has 0 unspecified atom stereocenters. The van der Waals surface area contributed by atoms with Crippen LogP contribution in [0.3, 0.4) is 0 Å². The number of rotatable bonds is 3. The Kier molecular flexibility index (Phi) is 3.21. The zero-order chi connectivity index (χ0) is 13.2. The van der Waals surface area contributed by atoms with E-state index in [2.05, 4.69) is 36.9 Å². The van der Waals surface area contributed by atoms with Gasteiger partial charge in [0.1, 0.15) is 11.6 Å². The van der Waals surface area contributed by atoms with E-state index in [4.69, 9.17) is 4.74 Å². The second kappa shape index (κ2) is 5.01. The highest BCUT2D eigenvalue weighted by molar-refractivity contribution is 9.10. The number of aromatic amines is 1. The fourth-order valence-electron chi connectivity index (χ4n) is 1.98. The van der Waals surface area contributed by atoms with Gasteiger partial charge < -0.3 is 9.72 Å². The molecule has 4 nitrogen and oxygen atoms in total. The summed E-state index contributed by atoms with van der Waals surface area (Å²) < 4.78 is 6.16. The summed E-state index contributed by atoms with van der Waals surface area (Å²) in [6.45, 7) is 0. The number of fused-ring (bicyclic) bond motifs is 1. The minimum absolute atomic E-state index is 0.727. The minimum Gasteiger partial charge on any atom is -0.497 e. The van der Waals surface area contributed by atoms with E-state index in [0.29, 0.717) is 0 Å². The van der Waals surface area contributed by atoms with Crippen molar-refractivity contribution in [2.75, 3.05) is 7.11 Å². The summed E-state index contributed by atoms with van der Waals surface area (Å²) in [4.78, 5) is 12.0. The lowest BCUT2D eigenvalue weighted by Crippen LogP contribution is -1.91. The van der Waals surface area contributed by atoms with Gasteiger partial charge in [-0.3, -0.25) is 0 Å². The topological polar surface area (TPSA) is 50.8 Å². The predicted molar refractivity (Wildman–Crippen MR) is 77.4 cm³/mol. The summed E-state index contributed by atoms with van der Waals surface area (Å²) in [6, 6.07) is 9.95. The van der Waals surface area contributed by atoms with Crippen LogP contribution < -0.4 is 4.74 Å². The summed E-state index contributed by atoms with van der Waals surface area (Å²) in [5, 5.41) is 0. The summed E-state index contributed by atoms with van der Waals surface area (Å²) in [6.07, 6.45) is 2.48. The zero-order valence-corrected chi connectivity index (χ0v) is 11.9. The second-order valence-corrected chi connectivity index (χ2v) is 5.15. The third-order valence-corrected chi connectivity index (χ3v) is 3.29. The van der Waals surface area contributed by atoms with Crippen LogP contribution in [0.4, 0.5) is 0 Å². The lowest BCUT2D eigenvalue weighted by Gasteiger charge is -2.02. The highest BCUT2D eigenvalue weighted by Crippen LogP contribution is 2.18. The molecule has 0 saturated heterocycles. The number of ether oxygens (including phenoxy) is 1. The van der Waals surface area contributed by atoms with E-state index in [9.17, 15) is 0 Å². The number of pyridine rings is 1. The van der Waals surface area contributed by atoms with Crippen LogP contribution in [-0.2, 0) is 6.42 Å². The number of methoxy groups -OCH3 is 1. The molecular weight excluding hydrogens is 306 g/mol. The van der Waals surface area contributed by atoms with Crippen LogP contribution in [0, 0.1) is 0 Å². The van der Waals surface area contributed by atoms with Gasteiger partial charge in [-0.2, -0.15) is 0 Å². The van der Waals surface area contributed by atoms with E-state index in [1.54, 1.807) is 13.3 Å². The Morgan fingerprint density at radius 1 is 1.32 bits per heavy atom. The van der Waals surface area contributed by atoms with Gasteiger partial charge in [-0.1, -0.05) is 12.1 Å². The molecule has 0 aliphatic rings. The van der Waals surface area contributed by atoms with Crippen molar-refractivity contribution in [3.63, 3.8) is 0 Å². The fraction of sp³-hybridized carbons (Fsp3) is 0.143. The van der Waals surface area contributed by atoms with Crippen LogP contribution in [0.1, 0.15) is 11.4 Å². The van der Waals surface area contributed by atoms with Crippen molar-refractivity contribution in [1.29, 1.82) is 0 Å². The highest BCUT2D eigenvalue weighted by atomic mass is 79.9. The average molecular weight is 318 g/mol. The van der Waals surface area contributed by atoms with Crippen LogP contribution in [0.2, 0.25) is 0 Å². The van der Waals surface area contributed by atoms with E-state index >= 15 is 0 Å². The van der Waals surface area contributed by atoms with E-state index in [-0.39, 0.29) is 0 Å². The van der Waals surface area contributed by atoms with Crippen molar-refractivity contribution in [3.05, 3.63) is 52.4 Å². The van der Waals surface area contributed by atoms with Crippen molar-refractivity contribution < 1.29 is 4.74 Å². The summed E-state index contributed by atoms with van der Waals surface area (Å²) in [5.41, 5.74) is 2.82. The number of halogens is 1. The summed E-state index contributed by atoms with van der Waals surface area (Å²) in [7, 11) is 1.67. The second-order valence-electron chi connectivity index (χ2n) is 4.24. The first-order chi connectivity index (χ1) is 9.24. The molecule has 0 fully saturated rings. The molecule has 96 valence electrons. The number of H-pyrrole nitrogens is 1. The molecule has 0 radical (unpaired) electrons. The number of hydrogen-bond acceptors (Lipinski definition) is 3. The number of imidazole rings is 1. The van der Waals surface area contributed by atoms with Crippen LogP contribution in [0.15, 0.2) is 41.0 Å². The molecule has 19 heavy (non-hydrogen) atoms. The van der Waals surface area contributed by atoms with Gasteiger partial charge in [0, 0.05) is 17.1 Å². The first kappa shape index (κ1) is 12.2. The van der Waals surface area contributed by atoms with Gasteiger partial charge in [0.15, 0.2) is 5.65 Å². The maximum absolute atomic E-state index is 5.22. The highest BCUT2D eigenvalue weighted by Gasteiger charge is 2.06. The Labute approximate surface area is 119 Å². The molecule has 0 spiro atoms. The van der Waals surface area contributed by atoms with Gasteiger partial charge in [-0.05, 0) is 39.7 Å². The third-order valence-electron chi connectivity index (χ3n) is 2.86. The van der Waals surface area contributed by atoms with Crippen molar-refractivity contribution in [1.82, 2.24) is 15.0 Å². The lowest BCUT2D eigenvalue weighted by molar-refractivity contribution is 0.414.